The summed E-state index contributed by atoms with van der Waals surface area (Å²) in [5.74, 6) is 0.276. The number of hydrogen-bond acceptors (Lipinski definition) is 4. The molecule has 128 valence electrons. The third-order valence-electron chi connectivity index (χ3n) is 4.11. The van der Waals surface area contributed by atoms with Gasteiger partial charge in [-0.1, -0.05) is 34.1 Å². The van der Waals surface area contributed by atoms with E-state index in [1.807, 2.05) is 43.1 Å². The minimum Gasteiger partial charge on any atom is -0.338 e. The minimum absolute atomic E-state index is 0.0100. The minimum atomic E-state index is -2.98. The van der Waals surface area contributed by atoms with Gasteiger partial charge in [0.2, 0.25) is 5.91 Å². The first-order valence-electron chi connectivity index (χ1n) is 7.74. The summed E-state index contributed by atoms with van der Waals surface area (Å²) < 4.78 is 24.3. The Balaban J connectivity index is 1.95. The van der Waals surface area contributed by atoms with E-state index in [1.165, 1.54) is 0 Å². The van der Waals surface area contributed by atoms with Crippen molar-refractivity contribution in [1.82, 2.24) is 9.80 Å². The lowest BCUT2D eigenvalue weighted by molar-refractivity contribution is -0.133. The molecule has 0 saturated carbocycles. The van der Waals surface area contributed by atoms with Crippen LogP contribution in [0.1, 0.15) is 18.9 Å². The maximum Gasteiger partial charge on any atom is 0.237 e. The molecule has 1 aromatic carbocycles. The van der Waals surface area contributed by atoms with E-state index >= 15 is 0 Å². The van der Waals surface area contributed by atoms with Crippen LogP contribution in [-0.4, -0.2) is 61.8 Å². The highest BCUT2D eigenvalue weighted by atomic mass is 79.9. The predicted molar refractivity (Wildman–Crippen MR) is 94.9 cm³/mol. The third-order valence-corrected chi connectivity index (χ3v) is 6.64. The summed E-state index contributed by atoms with van der Waals surface area (Å²) in [7, 11) is -1.08. The number of nitrogens with zero attached hydrogens (tertiary/aromatic N) is 2. The fourth-order valence-electron chi connectivity index (χ4n) is 2.95. The van der Waals surface area contributed by atoms with Crippen molar-refractivity contribution in [1.29, 1.82) is 0 Å². The molecule has 1 saturated heterocycles. The summed E-state index contributed by atoms with van der Waals surface area (Å²) in [6, 6.07) is 7.75. The lowest BCUT2D eigenvalue weighted by Crippen LogP contribution is -2.45. The van der Waals surface area contributed by atoms with E-state index < -0.39 is 9.84 Å². The molecule has 1 aromatic rings. The van der Waals surface area contributed by atoms with E-state index in [4.69, 9.17) is 0 Å². The Labute approximate surface area is 146 Å². The quantitative estimate of drug-likeness (QED) is 0.728. The van der Waals surface area contributed by atoms with Gasteiger partial charge in [0.05, 0.1) is 18.1 Å². The molecule has 1 fully saturated rings. The maximum absolute atomic E-state index is 12.5. The summed E-state index contributed by atoms with van der Waals surface area (Å²) in [5, 5.41) is 0. The van der Waals surface area contributed by atoms with Gasteiger partial charge in [0.15, 0.2) is 9.84 Å². The van der Waals surface area contributed by atoms with Crippen molar-refractivity contribution in [2.45, 2.75) is 25.9 Å². The molecule has 0 aromatic heterocycles. The number of likely N-dealkylation sites (N-methyl/N-ethyl adjacent to an activating group) is 2. The molecular formula is C16H23BrN2O3S. The first-order valence-corrected chi connectivity index (χ1v) is 10.4. The van der Waals surface area contributed by atoms with Crippen LogP contribution in [0.15, 0.2) is 28.7 Å². The van der Waals surface area contributed by atoms with Crippen LogP contribution >= 0.6 is 15.9 Å². The normalized spacial score (nSPS) is 19.9. The third kappa shape index (κ3) is 5.02. The Morgan fingerprint density at radius 1 is 1.35 bits per heavy atom. The van der Waals surface area contributed by atoms with Crippen molar-refractivity contribution in [2.75, 3.05) is 31.6 Å². The molecule has 0 aliphatic carbocycles. The van der Waals surface area contributed by atoms with E-state index in [-0.39, 0.29) is 30.0 Å². The monoisotopic (exact) mass is 402 g/mol. The fourth-order valence-corrected chi connectivity index (χ4v) is 5.10. The van der Waals surface area contributed by atoms with Gasteiger partial charge in [0.1, 0.15) is 0 Å². The van der Waals surface area contributed by atoms with Crippen LogP contribution in [0.4, 0.5) is 0 Å². The van der Waals surface area contributed by atoms with Gasteiger partial charge in [-0.15, -0.1) is 0 Å². The Kier molecular flexibility index (Phi) is 6.22. The molecule has 1 unspecified atom stereocenters. The van der Waals surface area contributed by atoms with Crippen LogP contribution in [0.5, 0.6) is 0 Å². The lowest BCUT2D eigenvalue weighted by Gasteiger charge is -2.29. The standard InChI is InChI=1S/C16H23BrN2O3S/c1-3-19(14-8-9-23(21,22)12-14)16(20)11-18(2)10-13-6-4-5-7-15(13)17/h4-7,14H,3,8-12H2,1-2H3. The van der Waals surface area contributed by atoms with Crippen molar-refractivity contribution in [2.24, 2.45) is 0 Å². The average molecular weight is 403 g/mol. The molecule has 2 rings (SSSR count). The van der Waals surface area contributed by atoms with Gasteiger partial charge in [0.25, 0.3) is 0 Å². The number of sulfone groups is 1. The first kappa shape index (κ1) is 18.4. The summed E-state index contributed by atoms with van der Waals surface area (Å²) in [6.07, 6.45) is 0.551. The van der Waals surface area contributed by atoms with Gasteiger partial charge in [-0.25, -0.2) is 8.42 Å². The number of rotatable bonds is 6. The van der Waals surface area contributed by atoms with Crippen molar-refractivity contribution in [3.8, 4) is 0 Å². The van der Waals surface area contributed by atoms with Crippen molar-refractivity contribution in [3.05, 3.63) is 34.3 Å². The predicted octanol–water partition coefficient (Wildman–Crippen LogP) is 1.92. The van der Waals surface area contributed by atoms with E-state index in [1.54, 1.807) is 4.90 Å². The molecule has 1 heterocycles. The van der Waals surface area contributed by atoms with E-state index in [0.29, 0.717) is 19.5 Å². The zero-order chi connectivity index (χ0) is 17.0. The molecule has 0 spiro atoms. The molecule has 1 aliphatic heterocycles. The first-order chi connectivity index (χ1) is 10.8. The summed E-state index contributed by atoms with van der Waals surface area (Å²) in [6.45, 7) is 3.39. The average Bonchev–Trinajstić information content (AvgIpc) is 2.82. The topological polar surface area (TPSA) is 57.7 Å². The summed E-state index contributed by atoms with van der Waals surface area (Å²) >= 11 is 3.51. The van der Waals surface area contributed by atoms with Gasteiger partial charge in [-0.2, -0.15) is 0 Å². The van der Waals surface area contributed by atoms with Crippen LogP contribution in [-0.2, 0) is 21.2 Å². The second-order valence-electron chi connectivity index (χ2n) is 6.00. The van der Waals surface area contributed by atoms with Crippen molar-refractivity contribution < 1.29 is 13.2 Å². The largest absolute Gasteiger partial charge is 0.338 e. The second-order valence-corrected chi connectivity index (χ2v) is 9.08. The van der Waals surface area contributed by atoms with Crippen LogP contribution in [0, 0.1) is 0 Å². The van der Waals surface area contributed by atoms with Gasteiger partial charge >= 0.3 is 0 Å². The summed E-state index contributed by atoms with van der Waals surface area (Å²) in [4.78, 5) is 16.2. The lowest BCUT2D eigenvalue weighted by atomic mass is 10.2. The molecule has 1 amide bonds. The number of carbonyl (C=O) groups excluding carboxylic acids is 1. The van der Waals surface area contributed by atoms with Crippen LogP contribution in [0.2, 0.25) is 0 Å². The SMILES string of the molecule is CCN(C(=O)CN(C)Cc1ccccc1Br)C1CCS(=O)(=O)C1. The zero-order valence-corrected chi connectivity index (χ0v) is 15.9. The fraction of sp³-hybridized carbons (Fsp3) is 0.562. The van der Waals surface area contributed by atoms with Crippen LogP contribution in [0.3, 0.4) is 0 Å². The van der Waals surface area contributed by atoms with Gasteiger partial charge in [0, 0.05) is 23.6 Å². The second kappa shape index (κ2) is 7.77. The van der Waals surface area contributed by atoms with Crippen LogP contribution in [0.25, 0.3) is 0 Å². The number of hydrogen-bond donors (Lipinski definition) is 0. The number of amides is 1. The van der Waals surface area contributed by atoms with Gasteiger partial charge in [-0.3, -0.25) is 9.69 Å². The van der Waals surface area contributed by atoms with Crippen molar-refractivity contribution >= 4 is 31.7 Å². The smallest absolute Gasteiger partial charge is 0.237 e. The Hall–Kier alpha value is -0.920. The highest BCUT2D eigenvalue weighted by Gasteiger charge is 2.33. The summed E-state index contributed by atoms with van der Waals surface area (Å²) in [5.41, 5.74) is 1.12. The Morgan fingerprint density at radius 2 is 2.04 bits per heavy atom. The molecule has 0 bridgehead atoms. The van der Waals surface area contributed by atoms with Gasteiger partial charge < -0.3 is 4.90 Å². The molecule has 1 aliphatic rings. The van der Waals surface area contributed by atoms with Gasteiger partial charge in [-0.05, 0) is 32.0 Å². The molecule has 5 nitrogen and oxygen atoms in total. The number of halogens is 1. The Morgan fingerprint density at radius 3 is 2.61 bits per heavy atom. The van der Waals surface area contributed by atoms with Crippen molar-refractivity contribution in [3.63, 3.8) is 0 Å². The van der Waals surface area contributed by atoms with E-state index in [0.717, 1.165) is 10.0 Å². The molecule has 7 heteroatoms. The Bertz CT molecular complexity index is 663. The molecule has 0 N–H and O–H groups in total. The van der Waals surface area contributed by atoms with E-state index in [2.05, 4.69) is 15.9 Å². The highest BCUT2D eigenvalue weighted by Crippen LogP contribution is 2.19. The number of carbonyl (C=O) groups is 1. The van der Waals surface area contributed by atoms with Crippen LogP contribution < -0.4 is 0 Å². The van der Waals surface area contributed by atoms with E-state index in [9.17, 15) is 13.2 Å². The molecular weight excluding hydrogens is 380 g/mol. The zero-order valence-electron chi connectivity index (χ0n) is 13.5. The molecule has 1 atom stereocenters. The molecule has 23 heavy (non-hydrogen) atoms. The maximum atomic E-state index is 12.5. The molecule has 0 radical (unpaired) electrons. The highest BCUT2D eigenvalue weighted by molar-refractivity contribution is 9.10. The number of benzene rings is 1.